The average molecular weight is 376 g/mol. The molecule has 0 saturated carbocycles. The molecule has 0 aliphatic carbocycles. The average Bonchev–Trinajstić information content (AvgIpc) is 2.58. The van der Waals surface area contributed by atoms with Crippen molar-refractivity contribution in [3.8, 4) is 0 Å². The van der Waals surface area contributed by atoms with Crippen LogP contribution in [0, 0.1) is 0 Å². The van der Waals surface area contributed by atoms with E-state index in [9.17, 15) is 4.79 Å². The summed E-state index contributed by atoms with van der Waals surface area (Å²) in [7, 11) is 0. The summed E-state index contributed by atoms with van der Waals surface area (Å²) in [6, 6.07) is 19.4. The molecule has 0 radical (unpaired) electrons. The molecule has 2 nitrogen and oxygen atoms in total. The van der Waals surface area contributed by atoms with Crippen LogP contribution in [-0.4, -0.2) is 11.7 Å². The van der Waals surface area contributed by atoms with Gasteiger partial charge in [0, 0.05) is 16.8 Å². The molecule has 0 spiro atoms. The Labute approximate surface area is 155 Å². The SMILES string of the molecule is O=C(CSCc1ccc(Cl)c(Cl)c1)Nc1cccc2ccccc12. The molecule has 0 atom stereocenters. The van der Waals surface area contributed by atoms with Gasteiger partial charge in [-0.2, -0.15) is 0 Å². The molecule has 122 valence electrons. The molecule has 3 aromatic carbocycles. The lowest BCUT2D eigenvalue weighted by Crippen LogP contribution is -2.14. The maximum absolute atomic E-state index is 12.2. The number of carbonyl (C=O) groups excluding carboxylic acids is 1. The Morgan fingerprint density at radius 2 is 1.75 bits per heavy atom. The Bertz CT molecular complexity index is 877. The van der Waals surface area contributed by atoms with E-state index in [0.29, 0.717) is 21.6 Å². The van der Waals surface area contributed by atoms with Crippen molar-refractivity contribution in [1.82, 2.24) is 0 Å². The zero-order chi connectivity index (χ0) is 16.9. The van der Waals surface area contributed by atoms with E-state index in [2.05, 4.69) is 5.32 Å². The van der Waals surface area contributed by atoms with Gasteiger partial charge < -0.3 is 5.32 Å². The predicted octanol–water partition coefficient (Wildman–Crippen LogP) is 6.02. The van der Waals surface area contributed by atoms with Gasteiger partial charge >= 0.3 is 0 Å². The lowest BCUT2D eigenvalue weighted by atomic mass is 10.1. The molecule has 0 aliphatic rings. The van der Waals surface area contributed by atoms with Gasteiger partial charge in [0.1, 0.15) is 0 Å². The van der Waals surface area contributed by atoms with Crippen molar-refractivity contribution in [3.05, 3.63) is 76.3 Å². The van der Waals surface area contributed by atoms with Crippen LogP contribution in [0.3, 0.4) is 0 Å². The fourth-order valence-corrected chi connectivity index (χ4v) is 3.51. The Balaban J connectivity index is 1.58. The maximum Gasteiger partial charge on any atom is 0.234 e. The van der Waals surface area contributed by atoms with Gasteiger partial charge in [-0.05, 0) is 29.1 Å². The number of carbonyl (C=O) groups is 1. The minimum atomic E-state index is -0.0172. The van der Waals surface area contributed by atoms with Crippen LogP contribution in [0.1, 0.15) is 5.56 Å². The zero-order valence-electron chi connectivity index (χ0n) is 12.8. The van der Waals surface area contributed by atoms with Crippen molar-refractivity contribution in [1.29, 1.82) is 0 Å². The number of halogens is 2. The van der Waals surface area contributed by atoms with Gasteiger partial charge in [-0.1, -0.05) is 65.7 Å². The molecule has 24 heavy (non-hydrogen) atoms. The highest BCUT2D eigenvalue weighted by molar-refractivity contribution is 7.99. The monoisotopic (exact) mass is 375 g/mol. The third-order valence-electron chi connectivity index (χ3n) is 3.55. The van der Waals surface area contributed by atoms with Crippen molar-refractivity contribution in [2.24, 2.45) is 0 Å². The number of fused-ring (bicyclic) bond motifs is 1. The first-order valence-corrected chi connectivity index (χ1v) is 9.34. The summed E-state index contributed by atoms with van der Waals surface area (Å²) < 4.78 is 0. The molecule has 0 heterocycles. The van der Waals surface area contributed by atoms with Crippen LogP contribution in [-0.2, 0) is 10.5 Å². The molecular formula is C19H15Cl2NOS. The summed E-state index contributed by atoms with van der Waals surface area (Å²) in [5, 5.41) is 6.22. The molecule has 0 aromatic heterocycles. The largest absolute Gasteiger partial charge is 0.325 e. The van der Waals surface area contributed by atoms with Gasteiger partial charge in [-0.15, -0.1) is 11.8 Å². The zero-order valence-corrected chi connectivity index (χ0v) is 15.1. The van der Waals surface area contributed by atoms with Crippen LogP contribution >= 0.6 is 35.0 Å². The number of benzene rings is 3. The molecule has 0 unspecified atom stereocenters. The molecule has 0 aliphatic heterocycles. The predicted molar refractivity (Wildman–Crippen MR) is 105 cm³/mol. The Morgan fingerprint density at radius 3 is 2.58 bits per heavy atom. The van der Waals surface area contributed by atoms with Gasteiger partial charge in [-0.25, -0.2) is 0 Å². The van der Waals surface area contributed by atoms with Crippen LogP contribution < -0.4 is 5.32 Å². The van der Waals surface area contributed by atoms with Gasteiger partial charge in [0.05, 0.1) is 15.8 Å². The molecule has 0 fully saturated rings. The highest BCUT2D eigenvalue weighted by atomic mass is 35.5. The van der Waals surface area contributed by atoms with Crippen LogP contribution in [0.5, 0.6) is 0 Å². The van der Waals surface area contributed by atoms with Crippen LogP contribution in [0.4, 0.5) is 5.69 Å². The summed E-state index contributed by atoms with van der Waals surface area (Å²) in [4.78, 5) is 12.2. The second-order valence-corrected chi connectivity index (χ2v) is 7.12. The van der Waals surface area contributed by atoms with E-state index in [1.165, 1.54) is 11.8 Å². The molecule has 3 rings (SSSR count). The van der Waals surface area contributed by atoms with E-state index < -0.39 is 0 Å². The smallest absolute Gasteiger partial charge is 0.234 e. The number of amides is 1. The second kappa shape index (κ2) is 7.93. The van der Waals surface area contributed by atoms with Gasteiger partial charge in [0.15, 0.2) is 0 Å². The van der Waals surface area contributed by atoms with Crippen molar-refractivity contribution in [2.75, 3.05) is 11.1 Å². The van der Waals surface area contributed by atoms with Crippen molar-refractivity contribution in [2.45, 2.75) is 5.75 Å². The second-order valence-electron chi connectivity index (χ2n) is 5.32. The minimum absolute atomic E-state index is 0.0172. The summed E-state index contributed by atoms with van der Waals surface area (Å²) in [5.41, 5.74) is 1.89. The Hall–Kier alpha value is -1.68. The first kappa shape index (κ1) is 17.2. The standard InChI is InChI=1S/C19H15Cl2NOS/c20-16-9-8-13(10-17(16)21)11-24-12-19(23)22-18-7-3-5-14-4-1-2-6-15(14)18/h1-10H,11-12H2,(H,22,23). The molecule has 3 aromatic rings. The number of hydrogen-bond donors (Lipinski definition) is 1. The van der Waals surface area contributed by atoms with E-state index in [-0.39, 0.29) is 5.91 Å². The number of hydrogen-bond acceptors (Lipinski definition) is 2. The van der Waals surface area contributed by atoms with Gasteiger partial charge in [-0.3, -0.25) is 4.79 Å². The topological polar surface area (TPSA) is 29.1 Å². The molecule has 1 N–H and O–H groups in total. The highest BCUT2D eigenvalue weighted by Gasteiger charge is 2.06. The Morgan fingerprint density at radius 1 is 0.958 bits per heavy atom. The first-order valence-electron chi connectivity index (χ1n) is 7.43. The molecule has 5 heteroatoms. The van der Waals surface area contributed by atoms with Gasteiger partial charge in [0.25, 0.3) is 0 Å². The third kappa shape index (κ3) is 4.23. The van der Waals surface area contributed by atoms with Crippen LogP contribution in [0.15, 0.2) is 60.7 Å². The summed E-state index contributed by atoms with van der Waals surface area (Å²) in [6.07, 6.45) is 0. The fraction of sp³-hybridized carbons (Fsp3) is 0.105. The fourth-order valence-electron chi connectivity index (χ4n) is 2.41. The van der Waals surface area contributed by atoms with E-state index >= 15 is 0 Å². The summed E-state index contributed by atoms with van der Waals surface area (Å²) in [6.45, 7) is 0. The molecular weight excluding hydrogens is 361 g/mol. The molecule has 1 amide bonds. The highest BCUT2D eigenvalue weighted by Crippen LogP contribution is 2.25. The molecule has 0 saturated heterocycles. The number of nitrogens with one attached hydrogen (secondary N) is 1. The number of anilines is 1. The van der Waals surface area contributed by atoms with E-state index in [1.807, 2.05) is 54.6 Å². The third-order valence-corrected chi connectivity index (χ3v) is 5.29. The Kier molecular flexibility index (Phi) is 5.67. The van der Waals surface area contributed by atoms with Crippen molar-refractivity contribution >= 4 is 57.3 Å². The number of thioether (sulfide) groups is 1. The summed E-state index contributed by atoms with van der Waals surface area (Å²) >= 11 is 13.4. The van der Waals surface area contributed by atoms with Crippen molar-refractivity contribution in [3.63, 3.8) is 0 Å². The lowest BCUT2D eigenvalue weighted by Gasteiger charge is -2.09. The normalized spacial score (nSPS) is 10.8. The van der Waals surface area contributed by atoms with Crippen molar-refractivity contribution < 1.29 is 4.79 Å². The lowest BCUT2D eigenvalue weighted by molar-refractivity contribution is -0.113. The van der Waals surface area contributed by atoms with E-state index in [1.54, 1.807) is 6.07 Å². The summed E-state index contributed by atoms with van der Waals surface area (Å²) in [5.74, 6) is 1.07. The molecule has 0 bridgehead atoms. The quantitative estimate of drug-likeness (QED) is 0.590. The van der Waals surface area contributed by atoms with Crippen LogP contribution in [0.2, 0.25) is 10.0 Å². The number of rotatable bonds is 5. The van der Waals surface area contributed by atoms with E-state index in [0.717, 1.165) is 22.0 Å². The van der Waals surface area contributed by atoms with Crippen LogP contribution in [0.25, 0.3) is 10.8 Å². The maximum atomic E-state index is 12.2. The minimum Gasteiger partial charge on any atom is -0.325 e. The van der Waals surface area contributed by atoms with E-state index in [4.69, 9.17) is 23.2 Å². The van der Waals surface area contributed by atoms with Gasteiger partial charge in [0.2, 0.25) is 5.91 Å². The first-order chi connectivity index (χ1) is 11.6.